The zero-order valence-electron chi connectivity index (χ0n) is 11.2. The van der Waals surface area contributed by atoms with Gasteiger partial charge >= 0.3 is 0 Å². The fraction of sp³-hybridized carbons (Fsp3) is 0.500. The van der Waals surface area contributed by atoms with Gasteiger partial charge in [0, 0.05) is 11.5 Å². The van der Waals surface area contributed by atoms with Crippen LogP contribution >= 0.6 is 22.6 Å². The Hall–Kier alpha value is -1.37. The molecule has 5 nitrogen and oxygen atoms in total. The maximum absolute atomic E-state index is 13.7. The topological polar surface area (TPSA) is 66.9 Å². The fourth-order valence-electron chi connectivity index (χ4n) is 1.54. The molecule has 0 atom stereocenters. The SMILES string of the molecule is CC(C)(C)c1nc2cc(C(F)(F)CI)nc(C#N)n2n1. The predicted octanol–water partition coefficient (Wildman–Crippen LogP) is 2.82. The maximum Gasteiger partial charge on any atom is 0.298 e. The molecule has 0 aliphatic carbocycles. The number of fused-ring (bicyclic) bond motifs is 1. The Labute approximate surface area is 128 Å². The molecule has 0 unspecified atom stereocenters. The molecular formula is C12H12F2IN5. The summed E-state index contributed by atoms with van der Waals surface area (Å²) in [5.41, 5.74) is -0.588. The van der Waals surface area contributed by atoms with Crippen LogP contribution in [0, 0.1) is 11.3 Å². The van der Waals surface area contributed by atoms with E-state index in [2.05, 4.69) is 15.1 Å². The van der Waals surface area contributed by atoms with Gasteiger partial charge in [0.15, 0.2) is 11.5 Å². The Balaban J connectivity index is 2.72. The van der Waals surface area contributed by atoms with Crippen molar-refractivity contribution in [1.29, 1.82) is 5.26 Å². The zero-order chi connectivity index (χ0) is 15.1. The first-order valence-electron chi connectivity index (χ1n) is 5.81. The van der Waals surface area contributed by atoms with Crippen molar-refractivity contribution < 1.29 is 8.78 Å². The molecule has 0 spiro atoms. The summed E-state index contributed by atoms with van der Waals surface area (Å²) in [6.07, 6.45) is 0. The molecule has 8 heteroatoms. The molecule has 0 saturated heterocycles. The number of alkyl halides is 3. The monoisotopic (exact) mass is 391 g/mol. The maximum atomic E-state index is 13.7. The van der Waals surface area contributed by atoms with E-state index >= 15 is 0 Å². The van der Waals surface area contributed by atoms with Crippen molar-refractivity contribution in [1.82, 2.24) is 19.6 Å². The molecule has 0 bridgehead atoms. The lowest BCUT2D eigenvalue weighted by molar-refractivity contribution is 0.0216. The highest BCUT2D eigenvalue weighted by atomic mass is 127. The Morgan fingerprint density at radius 1 is 1.35 bits per heavy atom. The van der Waals surface area contributed by atoms with E-state index in [-0.39, 0.29) is 16.9 Å². The van der Waals surface area contributed by atoms with E-state index in [9.17, 15) is 8.78 Å². The molecule has 0 fully saturated rings. The summed E-state index contributed by atoms with van der Waals surface area (Å²) in [4.78, 5) is 7.93. The van der Waals surface area contributed by atoms with Gasteiger partial charge in [0.2, 0.25) is 5.82 Å². The van der Waals surface area contributed by atoms with Crippen LogP contribution < -0.4 is 0 Å². The first-order chi connectivity index (χ1) is 9.19. The summed E-state index contributed by atoms with van der Waals surface area (Å²) >= 11 is 1.58. The smallest absolute Gasteiger partial charge is 0.217 e. The Morgan fingerprint density at radius 2 is 2.00 bits per heavy atom. The summed E-state index contributed by atoms with van der Waals surface area (Å²) in [5, 5.41) is 13.2. The van der Waals surface area contributed by atoms with Crippen LogP contribution in [-0.2, 0) is 11.3 Å². The van der Waals surface area contributed by atoms with Crippen molar-refractivity contribution in [3.63, 3.8) is 0 Å². The lowest BCUT2D eigenvalue weighted by Gasteiger charge is -2.12. The van der Waals surface area contributed by atoms with Gasteiger partial charge in [0.05, 0.1) is 4.43 Å². The van der Waals surface area contributed by atoms with Crippen LogP contribution in [0.4, 0.5) is 8.78 Å². The minimum Gasteiger partial charge on any atom is -0.217 e. The number of halogens is 3. The second-order valence-corrected chi connectivity index (χ2v) is 6.13. The van der Waals surface area contributed by atoms with E-state index < -0.39 is 16.0 Å². The van der Waals surface area contributed by atoms with Crippen LogP contribution in [0.15, 0.2) is 6.07 Å². The number of aromatic nitrogens is 4. The number of rotatable bonds is 2. The van der Waals surface area contributed by atoms with Crippen molar-refractivity contribution in [2.24, 2.45) is 0 Å². The summed E-state index contributed by atoms with van der Waals surface area (Å²) in [6, 6.07) is 2.97. The largest absolute Gasteiger partial charge is 0.298 e. The van der Waals surface area contributed by atoms with Gasteiger partial charge in [-0.1, -0.05) is 43.4 Å². The zero-order valence-corrected chi connectivity index (χ0v) is 13.3. The molecule has 0 amide bonds. The van der Waals surface area contributed by atoms with Crippen LogP contribution in [0.5, 0.6) is 0 Å². The van der Waals surface area contributed by atoms with Gasteiger partial charge in [-0.25, -0.2) is 9.97 Å². The summed E-state index contributed by atoms with van der Waals surface area (Å²) in [6.45, 7) is 5.71. The van der Waals surface area contributed by atoms with Crippen LogP contribution in [-0.4, -0.2) is 24.0 Å². The highest BCUT2D eigenvalue weighted by molar-refractivity contribution is 14.1. The summed E-state index contributed by atoms with van der Waals surface area (Å²) < 4.78 is 28.3. The van der Waals surface area contributed by atoms with E-state index in [0.29, 0.717) is 5.82 Å². The van der Waals surface area contributed by atoms with Gasteiger partial charge in [-0.2, -0.15) is 18.6 Å². The molecule has 0 aromatic carbocycles. The lowest BCUT2D eigenvalue weighted by atomic mass is 9.96. The number of nitriles is 1. The van der Waals surface area contributed by atoms with Gasteiger partial charge in [-0.15, -0.1) is 5.10 Å². The number of hydrogen-bond donors (Lipinski definition) is 0. The molecule has 2 aromatic heterocycles. The second-order valence-electron chi connectivity index (χ2n) is 5.37. The van der Waals surface area contributed by atoms with Crippen LogP contribution in [0.25, 0.3) is 5.65 Å². The molecule has 0 N–H and O–H groups in total. The van der Waals surface area contributed by atoms with Crippen molar-refractivity contribution in [3.8, 4) is 6.07 Å². The van der Waals surface area contributed by atoms with Crippen LogP contribution in [0.3, 0.4) is 0 Å². The molecule has 2 aromatic rings. The quantitative estimate of drug-likeness (QED) is 0.584. The first-order valence-corrected chi connectivity index (χ1v) is 7.34. The molecule has 0 radical (unpaired) electrons. The molecule has 2 heterocycles. The molecule has 0 aliphatic rings. The van der Waals surface area contributed by atoms with Crippen LogP contribution in [0.1, 0.15) is 38.1 Å². The van der Waals surface area contributed by atoms with Crippen molar-refractivity contribution >= 4 is 28.2 Å². The minimum atomic E-state index is -3.10. The number of hydrogen-bond acceptors (Lipinski definition) is 4. The van der Waals surface area contributed by atoms with E-state index in [0.717, 1.165) is 0 Å². The fourth-order valence-corrected chi connectivity index (χ4v) is 1.93. The Kier molecular flexibility index (Phi) is 3.66. The van der Waals surface area contributed by atoms with Gasteiger partial charge in [0.25, 0.3) is 5.92 Å². The minimum absolute atomic E-state index is 0.190. The second kappa shape index (κ2) is 4.87. The van der Waals surface area contributed by atoms with E-state index in [1.165, 1.54) is 10.6 Å². The van der Waals surface area contributed by atoms with Gasteiger partial charge in [0.1, 0.15) is 11.8 Å². The predicted molar refractivity (Wildman–Crippen MR) is 77.0 cm³/mol. The Bertz CT molecular complexity index is 696. The van der Waals surface area contributed by atoms with Crippen molar-refractivity contribution in [2.75, 3.05) is 4.43 Å². The number of nitrogens with zero attached hydrogens (tertiary/aromatic N) is 5. The van der Waals surface area contributed by atoms with E-state index in [1.807, 2.05) is 20.8 Å². The van der Waals surface area contributed by atoms with Crippen molar-refractivity contribution in [3.05, 3.63) is 23.4 Å². The third kappa shape index (κ3) is 2.59. The van der Waals surface area contributed by atoms with Gasteiger partial charge in [-0.05, 0) is 0 Å². The van der Waals surface area contributed by atoms with E-state index in [4.69, 9.17) is 5.26 Å². The van der Waals surface area contributed by atoms with Gasteiger partial charge < -0.3 is 0 Å². The van der Waals surface area contributed by atoms with Crippen molar-refractivity contribution in [2.45, 2.75) is 32.1 Å². The molecule has 106 valence electrons. The summed E-state index contributed by atoms with van der Waals surface area (Å²) in [7, 11) is 0. The van der Waals surface area contributed by atoms with Crippen LogP contribution in [0.2, 0.25) is 0 Å². The molecule has 2 rings (SSSR count). The average molecular weight is 391 g/mol. The standard InChI is InChI=1S/C12H12F2IN5/c1-11(2,3)10-18-8-4-7(12(13,14)6-15)17-9(5-16)20(8)19-10/h4H,6H2,1-3H3. The average Bonchev–Trinajstić information content (AvgIpc) is 2.81. The van der Waals surface area contributed by atoms with Gasteiger partial charge in [-0.3, -0.25) is 0 Å². The third-order valence-corrected chi connectivity index (χ3v) is 3.60. The molecule has 20 heavy (non-hydrogen) atoms. The highest BCUT2D eigenvalue weighted by Gasteiger charge is 2.33. The highest BCUT2D eigenvalue weighted by Crippen LogP contribution is 2.30. The lowest BCUT2D eigenvalue weighted by Crippen LogP contribution is -2.19. The first kappa shape index (κ1) is 15.0. The molecule has 0 aliphatic heterocycles. The molecular weight excluding hydrogens is 379 g/mol. The van der Waals surface area contributed by atoms with E-state index in [1.54, 1.807) is 28.7 Å². The normalized spacial score (nSPS) is 12.7. The third-order valence-electron chi connectivity index (χ3n) is 2.64. The summed E-state index contributed by atoms with van der Waals surface area (Å²) in [5.74, 6) is -2.81. The molecule has 0 saturated carbocycles. The Morgan fingerprint density at radius 3 is 2.50 bits per heavy atom.